The SMILES string of the molecule is ClCc1cn(Cc2cnn(-c3ccccc3)c2)nn1. The van der Waals surface area contributed by atoms with Crippen LogP contribution in [0.25, 0.3) is 5.69 Å². The molecule has 2 aromatic heterocycles. The first kappa shape index (κ1) is 11.9. The van der Waals surface area contributed by atoms with Gasteiger partial charge in [-0.05, 0) is 12.1 Å². The molecule has 6 heteroatoms. The van der Waals surface area contributed by atoms with Gasteiger partial charge in [-0.2, -0.15) is 5.10 Å². The molecule has 96 valence electrons. The van der Waals surface area contributed by atoms with E-state index in [0.717, 1.165) is 16.9 Å². The summed E-state index contributed by atoms with van der Waals surface area (Å²) in [7, 11) is 0. The predicted molar refractivity (Wildman–Crippen MR) is 72.2 cm³/mol. The molecule has 0 fully saturated rings. The zero-order valence-corrected chi connectivity index (χ0v) is 10.9. The van der Waals surface area contributed by atoms with Crippen LogP contribution >= 0.6 is 11.6 Å². The smallest absolute Gasteiger partial charge is 0.0974 e. The summed E-state index contributed by atoms with van der Waals surface area (Å²) in [5.41, 5.74) is 2.88. The zero-order valence-electron chi connectivity index (χ0n) is 10.1. The standard InChI is InChI=1S/C13H12ClN5/c14-6-12-10-18(17-16-12)8-11-7-15-19(9-11)13-4-2-1-3-5-13/h1-5,7,9-10H,6,8H2. The molecule has 19 heavy (non-hydrogen) atoms. The van der Waals surface area contributed by atoms with E-state index in [1.165, 1.54) is 0 Å². The highest BCUT2D eigenvalue weighted by molar-refractivity contribution is 6.16. The van der Waals surface area contributed by atoms with Gasteiger partial charge in [0.05, 0.1) is 36.2 Å². The number of halogens is 1. The van der Waals surface area contributed by atoms with E-state index in [1.54, 1.807) is 4.68 Å². The molecule has 0 saturated carbocycles. The molecule has 0 atom stereocenters. The normalized spacial score (nSPS) is 10.8. The molecular formula is C13H12ClN5. The van der Waals surface area contributed by atoms with Crippen LogP contribution in [0, 0.1) is 0 Å². The van der Waals surface area contributed by atoms with Crippen LogP contribution in [0.5, 0.6) is 0 Å². The molecule has 0 aliphatic rings. The molecule has 0 bridgehead atoms. The van der Waals surface area contributed by atoms with Gasteiger partial charge >= 0.3 is 0 Å². The number of rotatable bonds is 4. The van der Waals surface area contributed by atoms with Crippen molar-refractivity contribution in [3.63, 3.8) is 0 Å². The van der Waals surface area contributed by atoms with E-state index < -0.39 is 0 Å². The Balaban J connectivity index is 1.78. The van der Waals surface area contributed by atoms with Crippen LogP contribution in [0.1, 0.15) is 11.3 Å². The molecule has 3 rings (SSSR count). The van der Waals surface area contributed by atoms with E-state index in [9.17, 15) is 0 Å². The van der Waals surface area contributed by atoms with Crippen LogP contribution in [-0.4, -0.2) is 24.8 Å². The monoisotopic (exact) mass is 273 g/mol. The second-order valence-electron chi connectivity index (χ2n) is 4.17. The fraction of sp³-hybridized carbons (Fsp3) is 0.154. The molecule has 1 aromatic carbocycles. The second kappa shape index (κ2) is 5.24. The number of hydrogen-bond donors (Lipinski definition) is 0. The first-order valence-electron chi connectivity index (χ1n) is 5.89. The molecule has 0 aliphatic heterocycles. The molecule has 0 amide bonds. The third-order valence-corrected chi connectivity index (χ3v) is 3.00. The van der Waals surface area contributed by atoms with Crippen molar-refractivity contribution >= 4 is 11.6 Å². The predicted octanol–water partition coefficient (Wildman–Crippen LogP) is 2.25. The Morgan fingerprint density at radius 1 is 1.11 bits per heavy atom. The highest BCUT2D eigenvalue weighted by Crippen LogP contribution is 2.09. The Hall–Kier alpha value is -2.14. The minimum atomic E-state index is 0.378. The van der Waals surface area contributed by atoms with Gasteiger partial charge in [-0.15, -0.1) is 16.7 Å². The quantitative estimate of drug-likeness (QED) is 0.685. The highest BCUT2D eigenvalue weighted by Gasteiger charge is 2.04. The third kappa shape index (κ3) is 2.66. The highest BCUT2D eigenvalue weighted by atomic mass is 35.5. The summed E-state index contributed by atoms with van der Waals surface area (Å²) < 4.78 is 3.60. The molecule has 0 N–H and O–H groups in total. The topological polar surface area (TPSA) is 48.5 Å². The van der Waals surface area contributed by atoms with Gasteiger partial charge in [0.15, 0.2) is 0 Å². The summed E-state index contributed by atoms with van der Waals surface area (Å²) in [6, 6.07) is 9.98. The Labute approximate surface area is 115 Å². The first-order chi connectivity index (χ1) is 9.35. The van der Waals surface area contributed by atoms with Crippen LogP contribution in [0.4, 0.5) is 0 Å². The van der Waals surface area contributed by atoms with Crippen LogP contribution in [0.2, 0.25) is 0 Å². The molecule has 2 heterocycles. The molecule has 0 unspecified atom stereocenters. The van der Waals surface area contributed by atoms with Gasteiger partial charge in [0.1, 0.15) is 0 Å². The maximum Gasteiger partial charge on any atom is 0.0974 e. The minimum absolute atomic E-state index is 0.378. The van der Waals surface area contributed by atoms with Gasteiger partial charge < -0.3 is 0 Å². The summed E-state index contributed by atoms with van der Waals surface area (Å²) in [6.45, 7) is 0.636. The summed E-state index contributed by atoms with van der Waals surface area (Å²) >= 11 is 5.70. The van der Waals surface area contributed by atoms with E-state index >= 15 is 0 Å². The van der Waals surface area contributed by atoms with Crippen molar-refractivity contribution in [3.05, 3.63) is 60.2 Å². The fourth-order valence-corrected chi connectivity index (χ4v) is 1.95. The van der Waals surface area contributed by atoms with E-state index in [0.29, 0.717) is 12.4 Å². The Morgan fingerprint density at radius 3 is 2.68 bits per heavy atom. The molecule has 0 spiro atoms. The van der Waals surface area contributed by atoms with E-state index in [1.807, 2.05) is 53.6 Å². The molecule has 0 aliphatic carbocycles. The fourth-order valence-electron chi connectivity index (χ4n) is 1.83. The molecule has 5 nitrogen and oxygen atoms in total. The summed E-state index contributed by atoms with van der Waals surface area (Å²) in [5.74, 6) is 0.378. The number of aromatic nitrogens is 5. The number of alkyl halides is 1. The molecule has 3 aromatic rings. The summed E-state index contributed by atoms with van der Waals surface area (Å²) in [5, 5.41) is 12.3. The van der Waals surface area contributed by atoms with Crippen molar-refractivity contribution in [2.24, 2.45) is 0 Å². The molecule has 0 radical (unpaired) electrons. The van der Waals surface area contributed by atoms with Gasteiger partial charge in [0.2, 0.25) is 0 Å². The summed E-state index contributed by atoms with van der Waals surface area (Å²) in [4.78, 5) is 0. The maximum absolute atomic E-state index is 5.70. The second-order valence-corrected chi connectivity index (χ2v) is 4.44. The van der Waals surface area contributed by atoms with Crippen molar-refractivity contribution in [1.82, 2.24) is 24.8 Å². The van der Waals surface area contributed by atoms with Crippen LogP contribution < -0.4 is 0 Å². The lowest BCUT2D eigenvalue weighted by molar-refractivity contribution is 0.649. The van der Waals surface area contributed by atoms with Gasteiger partial charge in [-0.3, -0.25) is 0 Å². The number of benzene rings is 1. The maximum atomic E-state index is 5.70. The van der Waals surface area contributed by atoms with Crippen LogP contribution in [-0.2, 0) is 12.4 Å². The Kier molecular flexibility index (Phi) is 3.29. The van der Waals surface area contributed by atoms with E-state index in [2.05, 4.69) is 15.4 Å². The Bertz CT molecular complexity index is 658. The molecule has 0 saturated heterocycles. The first-order valence-corrected chi connectivity index (χ1v) is 6.42. The van der Waals surface area contributed by atoms with Crippen LogP contribution in [0.15, 0.2) is 48.9 Å². The number of para-hydroxylation sites is 1. The average Bonchev–Trinajstić information content (AvgIpc) is 3.09. The van der Waals surface area contributed by atoms with Gasteiger partial charge in [-0.25, -0.2) is 9.36 Å². The lowest BCUT2D eigenvalue weighted by Gasteiger charge is -1.99. The van der Waals surface area contributed by atoms with Gasteiger partial charge in [0, 0.05) is 11.8 Å². The van der Waals surface area contributed by atoms with Crippen LogP contribution in [0.3, 0.4) is 0 Å². The number of hydrogen-bond acceptors (Lipinski definition) is 3. The third-order valence-electron chi connectivity index (χ3n) is 2.72. The minimum Gasteiger partial charge on any atom is -0.248 e. The molecular weight excluding hydrogens is 262 g/mol. The zero-order chi connectivity index (χ0) is 13.1. The van der Waals surface area contributed by atoms with Gasteiger partial charge in [-0.1, -0.05) is 23.4 Å². The summed E-state index contributed by atoms with van der Waals surface area (Å²) in [6.07, 6.45) is 5.65. The lowest BCUT2D eigenvalue weighted by Crippen LogP contribution is -1.99. The van der Waals surface area contributed by atoms with Crippen molar-refractivity contribution in [2.75, 3.05) is 0 Å². The van der Waals surface area contributed by atoms with Crippen molar-refractivity contribution in [2.45, 2.75) is 12.4 Å². The van der Waals surface area contributed by atoms with Crippen molar-refractivity contribution < 1.29 is 0 Å². The van der Waals surface area contributed by atoms with E-state index in [-0.39, 0.29) is 0 Å². The lowest BCUT2D eigenvalue weighted by atomic mass is 10.3. The van der Waals surface area contributed by atoms with Crippen molar-refractivity contribution in [3.8, 4) is 5.69 Å². The van der Waals surface area contributed by atoms with E-state index in [4.69, 9.17) is 11.6 Å². The van der Waals surface area contributed by atoms with Crippen molar-refractivity contribution in [1.29, 1.82) is 0 Å². The number of nitrogens with zero attached hydrogens (tertiary/aromatic N) is 5. The average molecular weight is 274 g/mol. The largest absolute Gasteiger partial charge is 0.248 e. The van der Waals surface area contributed by atoms with Gasteiger partial charge in [0.25, 0.3) is 0 Å². The Morgan fingerprint density at radius 2 is 1.95 bits per heavy atom.